The highest BCUT2D eigenvalue weighted by molar-refractivity contribution is 6.20. The number of halogens is 1. The highest BCUT2D eigenvalue weighted by atomic mass is 35.5. The zero-order chi connectivity index (χ0) is 10.7. The van der Waals surface area contributed by atoms with Crippen molar-refractivity contribution in [1.29, 1.82) is 0 Å². The van der Waals surface area contributed by atoms with E-state index in [9.17, 15) is 0 Å². The summed E-state index contributed by atoms with van der Waals surface area (Å²) in [6.07, 6.45) is 1.57. The van der Waals surface area contributed by atoms with Gasteiger partial charge in [0.05, 0.1) is 0 Å². The lowest BCUT2D eigenvalue weighted by Crippen LogP contribution is -1.94. The Kier molecular flexibility index (Phi) is 2.77. The molecule has 0 bridgehead atoms. The molecule has 0 aliphatic heterocycles. The molecule has 7 heteroatoms. The van der Waals surface area contributed by atoms with E-state index in [0.29, 0.717) is 11.7 Å². The second kappa shape index (κ2) is 4.22. The Morgan fingerprint density at radius 3 is 2.87 bits per heavy atom. The van der Waals surface area contributed by atoms with E-state index in [1.807, 2.05) is 0 Å². The number of aromatic nitrogens is 4. The molecule has 1 unspecified atom stereocenters. The van der Waals surface area contributed by atoms with Crippen LogP contribution in [0.1, 0.15) is 18.2 Å². The van der Waals surface area contributed by atoms with E-state index >= 15 is 0 Å². The number of nitrogens with one attached hydrogen (secondary N) is 1. The third-order valence-electron chi connectivity index (χ3n) is 1.59. The SMILES string of the molecule is CC(Cl)c1nnc(Nc2cccnn2)o1. The molecule has 0 radical (unpaired) electrons. The van der Waals surface area contributed by atoms with Crippen LogP contribution in [0.15, 0.2) is 22.7 Å². The third-order valence-corrected chi connectivity index (χ3v) is 1.77. The zero-order valence-corrected chi connectivity index (χ0v) is 8.64. The van der Waals surface area contributed by atoms with Gasteiger partial charge in [-0.05, 0) is 19.1 Å². The standard InChI is InChI=1S/C8H8ClN5O/c1-5(9)7-13-14-8(15-7)11-6-3-2-4-10-12-6/h2-5H,1H3,(H,11,12,14). The second-order valence-corrected chi connectivity index (χ2v) is 3.45. The van der Waals surface area contributed by atoms with Crippen LogP contribution in [0.5, 0.6) is 0 Å². The summed E-state index contributed by atoms with van der Waals surface area (Å²) < 4.78 is 5.22. The molecule has 0 spiro atoms. The summed E-state index contributed by atoms with van der Waals surface area (Å²) in [6, 6.07) is 3.73. The van der Waals surface area contributed by atoms with Gasteiger partial charge in [-0.2, -0.15) is 5.10 Å². The van der Waals surface area contributed by atoms with Crippen molar-refractivity contribution in [2.24, 2.45) is 0 Å². The van der Waals surface area contributed by atoms with Gasteiger partial charge in [-0.25, -0.2) is 0 Å². The molecule has 2 heterocycles. The van der Waals surface area contributed by atoms with Crippen molar-refractivity contribution in [1.82, 2.24) is 20.4 Å². The third kappa shape index (κ3) is 2.41. The first kappa shape index (κ1) is 9.85. The van der Waals surface area contributed by atoms with Crippen molar-refractivity contribution >= 4 is 23.4 Å². The molecular weight excluding hydrogens is 218 g/mol. The molecule has 0 amide bonds. The predicted octanol–water partition coefficient (Wildman–Crippen LogP) is 1.90. The van der Waals surface area contributed by atoms with Gasteiger partial charge in [-0.15, -0.1) is 21.8 Å². The minimum Gasteiger partial charge on any atom is -0.406 e. The van der Waals surface area contributed by atoms with E-state index in [1.54, 1.807) is 25.3 Å². The average Bonchev–Trinajstić information content (AvgIpc) is 2.68. The number of hydrogen-bond acceptors (Lipinski definition) is 6. The van der Waals surface area contributed by atoms with Gasteiger partial charge >= 0.3 is 6.01 Å². The fourth-order valence-electron chi connectivity index (χ4n) is 0.924. The van der Waals surface area contributed by atoms with Crippen LogP contribution >= 0.6 is 11.6 Å². The van der Waals surface area contributed by atoms with Crippen molar-refractivity contribution in [3.63, 3.8) is 0 Å². The minimum atomic E-state index is -0.310. The molecule has 15 heavy (non-hydrogen) atoms. The number of alkyl halides is 1. The minimum absolute atomic E-state index is 0.248. The van der Waals surface area contributed by atoms with Crippen molar-refractivity contribution in [3.05, 3.63) is 24.2 Å². The fourth-order valence-corrected chi connectivity index (χ4v) is 1.01. The number of rotatable bonds is 3. The summed E-state index contributed by atoms with van der Waals surface area (Å²) in [5.41, 5.74) is 0. The van der Waals surface area contributed by atoms with Gasteiger partial charge in [0.25, 0.3) is 0 Å². The predicted molar refractivity (Wildman–Crippen MR) is 53.9 cm³/mol. The second-order valence-electron chi connectivity index (χ2n) is 2.80. The molecule has 2 aromatic heterocycles. The van der Waals surface area contributed by atoms with Gasteiger partial charge in [0.1, 0.15) is 5.38 Å². The van der Waals surface area contributed by atoms with E-state index in [1.165, 1.54) is 0 Å². The monoisotopic (exact) mass is 225 g/mol. The highest BCUT2D eigenvalue weighted by Crippen LogP contribution is 2.20. The first-order chi connectivity index (χ1) is 7.25. The molecule has 0 aliphatic rings. The van der Waals surface area contributed by atoms with Crippen LogP contribution in [-0.4, -0.2) is 20.4 Å². The lowest BCUT2D eigenvalue weighted by molar-refractivity contribution is 0.509. The molecule has 0 saturated carbocycles. The van der Waals surface area contributed by atoms with Crippen molar-refractivity contribution < 1.29 is 4.42 Å². The van der Waals surface area contributed by atoms with Gasteiger partial charge in [0.2, 0.25) is 5.89 Å². The quantitative estimate of drug-likeness (QED) is 0.804. The fraction of sp³-hybridized carbons (Fsp3) is 0.250. The van der Waals surface area contributed by atoms with Crippen molar-refractivity contribution in [3.8, 4) is 0 Å². The molecule has 1 N–H and O–H groups in total. The smallest absolute Gasteiger partial charge is 0.321 e. The van der Waals surface area contributed by atoms with Gasteiger partial charge < -0.3 is 4.42 Å². The number of anilines is 2. The summed E-state index contributed by atoms with van der Waals surface area (Å²) in [5, 5.41) is 17.5. The molecule has 0 fully saturated rings. The van der Waals surface area contributed by atoms with Gasteiger partial charge in [-0.3, -0.25) is 5.32 Å². The summed E-state index contributed by atoms with van der Waals surface area (Å²) in [6.45, 7) is 1.75. The van der Waals surface area contributed by atoms with Crippen molar-refractivity contribution in [2.45, 2.75) is 12.3 Å². The lowest BCUT2D eigenvalue weighted by atomic mass is 10.5. The molecule has 2 rings (SSSR count). The average molecular weight is 226 g/mol. The summed E-state index contributed by atoms with van der Waals surface area (Å²) in [4.78, 5) is 0. The lowest BCUT2D eigenvalue weighted by Gasteiger charge is -1.97. The van der Waals surface area contributed by atoms with Crippen LogP contribution in [0.2, 0.25) is 0 Å². The Hall–Kier alpha value is -1.69. The first-order valence-corrected chi connectivity index (χ1v) is 4.71. The van der Waals surface area contributed by atoms with E-state index in [-0.39, 0.29) is 11.4 Å². The Labute approximate surface area is 90.7 Å². The van der Waals surface area contributed by atoms with Crippen molar-refractivity contribution in [2.75, 3.05) is 5.32 Å². The van der Waals surface area contributed by atoms with Crippen LogP contribution < -0.4 is 5.32 Å². The van der Waals surface area contributed by atoms with E-state index < -0.39 is 0 Å². The zero-order valence-electron chi connectivity index (χ0n) is 7.88. The van der Waals surface area contributed by atoms with Crippen LogP contribution in [-0.2, 0) is 0 Å². The van der Waals surface area contributed by atoms with Crippen LogP contribution in [0.3, 0.4) is 0 Å². The Morgan fingerprint density at radius 2 is 2.27 bits per heavy atom. The first-order valence-electron chi connectivity index (χ1n) is 4.28. The molecule has 0 aliphatic carbocycles. The highest BCUT2D eigenvalue weighted by Gasteiger charge is 2.11. The normalized spacial score (nSPS) is 12.4. The van der Waals surface area contributed by atoms with Gasteiger partial charge in [0, 0.05) is 6.20 Å². The Balaban J connectivity index is 2.12. The molecule has 0 saturated heterocycles. The number of hydrogen-bond donors (Lipinski definition) is 1. The largest absolute Gasteiger partial charge is 0.406 e. The van der Waals surface area contributed by atoms with Gasteiger partial charge in [-0.1, -0.05) is 5.10 Å². The Bertz CT molecular complexity index is 430. The summed E-state index contributed by atoms with van der Waals surface area (Å²) >= 11 is 5.77. The van der Waals surface area contributed by atoms with Crippen LogP contribution in [0.4, 0.5) is 11.8 Å². The molecule has 6 nitrogen and oxygen atoms in total. The number of nitrogens with zero attached hydrogens (tertiary/aromatic N) is 4. The molecule has 2 aromatic rings. The maximum atomic E-state index is 5.77. The maximum absolute atomic E-state index is 5.77. The Morgan fingerprint density at radius 1 is 1.40 bits per heavy atom. The summed E-state index contributed by atoms with van der Waals surface area (Å²) in [7, 11) is 0. The topological polar surface area (TPSA) is 76.7 Å². The van der Waals surface area contributed by atoms with Gasteiger partial charge in [0.15, 0.2) is 5.82 Å². The van der Waals surface area contributed by atoms with E-state index in [2.05, 4.69) is 25.7 Å². The van der Waals surface area contributed by atoms with Crippen LogP contribution in [0.25, 0.3) is 0 Å². The maximum Gasteiger partial charge on any atom is 0.321 e. The molecule has 1 atom stereocenters. The molecular formula is C8H8ClN5O. The van der Waals surface area contributed by atoms with E-state index in [0.717, 1.165) is 0 Å². The molecule has 0 aromatic carbocycles. The van der Waals surface area contributed by atoms with Crippen LogP contribution in [0, 0.1) is 0 Å². The van der Waals surface area contributed by atoms with E-state index in [4.69, 9.17) is 16.0 Å². The summed E-state index contributed by atoms with van der Waals surface area (Å²) in [5.74, 6) is 0.901. The molecule has 78 valence electrons.